The summed E-state index contributed by atoms with van der Waals surface area (Å²) in [6.45, 7) is 9.30. The van der Waals surface area contributed by atoms with Gasteiger partial charge >= 0.3 is 0 Å². The van der Waals surface area contributed by atoms with Crippen molar-refractivity contribution >= 4 is 28.6 Å². The zero-order chi connectivity index (χ0) is 19.0. The van der Waals surface area contributed by atoms with Gasteiger partial charge in [0.15, 0.2) is 0 Å². The highest BCUT2D eigenvalue weighted by molar-refractivity contribution is 7.11. The van der Waals surface area contributed by atoms with Crippen LogP contribution in [0.4, 0.5) is 0 Å². The number of amides is 1. The number of nitrogens with zero attached hydrogens (tertiary/aromatic N) is 2. The lowest BCUT2D eigenvalue weighted by atomic mass is 10.0. The minimum Gasteiger partial charge on any atom is -0.361 e. The van der Waals surface area contributed by atoms with E-state index in [4.69, 9.17) is 4.52 Å². The van der Waals surface area contributed by atoms with Crippen LogP contribution in [0.3, 0.4) is 0 Å². The van der Waals surface area contributed by atoms with Gasteiger partial charge in [0, 0.05) is 45.2 Å². The number of carbonyl (C=O) groups is 1. The maximum absolute atomic E-state index is 12.7. The molecular weight excluding hydrogens is 378 g/mol. The van der Waals surface area contributed by atoms with Crippen molar-refractivity contribution in [1.29, 1.82) is 0 Å². The normalized spacial score (nSPS) is 14.3. The first kappa shape index (κ1) is 18.4. The van der Waals surface area contributed by atoms with Crippen molar-refractivity contribution in [1.82, 2.24) is 15.4 Å². The van der Waals surface area contributed by atoms with Crippen LogP contribution in [0.2, 0.25) is 0 Å². The van der Waals surface area contributed by atoms with Crippen LogP contribution in [0, 0.1) is 20.8 Å². The van der Waals surface area contributed by atoms with Gasteiger partial charge in [0.1, 0.15) is 5.76 Å². The topological polar surface area (TPSA) is 58.4 Å². The molecule has 27 heavy (non-hydrogen) atoms. The van der Waals surface area contributed by atoms with Crippen LogP contribution in [0.15, 0.2) is 22.0 Å². The maximum Gasteiger partial charge on any atom is 0.252 e. The van der Waals surface area contributed by atoms with Crippen molar-refractivity contribution in [3.05, 3.63) is 60.3 Å². The fourth-order valence-corrected chi connectivity index (χ4v) is 5.45. The van der Waals surface area contributed by atoms with Crippen LogP contribution in [-0.4, -0.2) is 22.5 Å². The first-order chi connectivity index (χ1) is 13.0. The van der Waals surface area contributed by atoms with Crippen molar-refractivity contribution in [2.45, 2.75) is 46.8 Å². The highest BCUT2D eigenvalue weighted by Crippen LogP contribution is 2.30. The summed E-state index contributed by atoms with van der Waals surface area (Å²) in [5, 5.41) is 9.13. The first-order valence-electron chi connectivity index (χ1n) is 9.08. The fourth-order valence-electron chi connectivity index (χ4n) is 3.50. The number of fused-ring (bicyclic) bond motifs is 1. The summed E-state index contributed by atoms with van der Waals surface area (Å²) in [5.74, 6) is 0.936. The van der Waals surface area contributed by atoms with E-state index in [9.17, 15) is 4.79 Å². The van der Waals surface area contributed by atoms with Gasteiger partial charge in [0.2, 0.25) is 0 Å². The van der Waals surface area contributed by atoms with Crippen molar-refractivity contribution in [2.24, 2.45) is 0 Å². The quantitative estimate of drug-likeness (QED) is 0.696. The highest BCUT2D eigenvalue weighted by Gasteiger charge is 2.25. The SMILES string of the molecule is Cc1ccc(CNC(=O)c2csc3c2CCN(Cc2c(C)noc2C)C3)s1. The highest BCUT2D eigenvalue weighted by atomic mass is 32.1. The standard InChI is InChI=1S/C20H23N3O2S2/c1-12-4-5-15(27-12)8-21-20(24)18-11-26-19-10-23(7-6-16(18)19)9-17-13(2)22-25-14(17)3/h4-5,11H,6-10H2,1-3H3,(H,21,24). The Labute approximate surface area is 167 Å². The Bertz CT molecular complexity index is 950. The van der Waals surface area contributed by atoms with Gasteiger partial charge in [-0.1, -0.05) is 5.16 Å². The van der Waals surface area contributed by atoms with E-state index in [0.717, 1.165) is 43.1 Å². The van der Waals surface area contributed by atoms with E-state index in [-0.39, 0.29) is 5.91 Å². The maximum atomic E-state index is 12.7. The zero-order valence-corrected chi connectivity index (χ0v) is 17.4. The molecule has 0 spiro atoms. The van der Waals surface area contributed by atoms with Crippen LogP contribution in [0.5, 0.6) is 0 Å². The van der Waals surface area contributed by atoms with Crippen LogP contribution in [0.1, 0.15) is 47.6 Å². The van der Waals surface area contributed by atoms with Gasteiger partial charge in [-0.05, 0) is 44.9 Å². The molecule has 0 atom stereocenters. The number of carbonyl (C=O) groups excluding carboxylic acids is 1. The minimum atomic E-state index is 0.0396. The Kier molecular flexibility index (Phi) is 5.16. The second-order valence-electron chi connectivity index (χ2n) is 7.01. The molecule has 1 amide bonds. The summed E-state index contributed by atoms with van der Waals surface area (Å²) in [6, 6.07) is 4.17. The number of hydrogen-bond acceptors (Lipinski definition) is 6. The Morgan fingerprint density at radius 1 is 1.33 bits per heavy atom. The molecule has 0 aromatic carbocycles. The zero-order valence-electron chi connectivity index (χ0n) is 15.8. The number of nitrogens with one attached hydrogen (secondary N) is 1. The summed E-state index contributed by atoms with van der Waals surface area (Å²) in [7, 11) is 0. The Morgan fingerprint density at radius 2 is 2.19 bits per heavy atom. The van der Waals surface area contributed by atoms with Crippen molar-refractivity contribution in [3.8, 4) is 0 Å². The largest absolute Gasteiger partial charge is 0.361 e. The van der Waals surface area contributed by atoms with Gasteiger partial charge in [-0.3, -0.25) is 9.69 Å². The van der Waals surface area contributed by atoms with Crippen LogP contribution >= 0.6 is 22.7 Å². The summed E-state index contributed by atoms with van der Waals surface area (Å²) < 4.78 is 5.28. The first-order valence-corrected chi connectivity index (χ1v) is 10.8. The Morgan fingerprint density at radius 3 is 2.89 bits per heavy atom. The summed E-state index contributed by atoms with van der Waals surface area (Å²) in [6.07, 6.45) is 0.906. The van der Waals surface area contributed by atoms with Gasteiger partial charge in [-0.15, -0.1) is 22.7 Å². The second kappa shape index (κ2) is 7.58. The molecule has 3 aromatic heterocycles. The fraction of sp³-hybridized carbons (Fsp3) is 0.400. The van der Waals surface area contributed by atoms with E-state index in [1.54, 1.807) is 22.7 Å². The third-order valence-electron chi connectivity index (χ3n) is 5.05. The van der Waals surface area contributed by atoms with E-state index < -0.39 is 0 Å². The van der Waals surface area contributed by atoms with Gasteiger partial charge in [0.25, 0.3) is 5.91 Å². The van der Waals surface area contributed by atoms with Crippen LogP contribution in [-0.2, 0) is 26.1 Å². The van der Waals surface area contributed by atoms with E-state index >= 15 is 0 Å². The molecule has 7 heteroatoms. The molecule has 0 saturated carbocycles. The summed E-state index contributed by atoms with van der Waals surface area (Å²) in [4.78, 5) is 18.8. The lowest BCUT2D eigenvalue weighted by Gasteiger charge is -2.27. The monoisotopic (exact) mass is 401 g/mol. The molecule has 0 saturated heterocycles. The second-order valence-corrected chi connectivity index (χ2v) is 9.35. The van der Waals surface area contributed by atoms with Crippen molar-refractivity contribution < 1.29 is 9.32 Å². The number of hydrogen-bond donors (Lipinski definition) is 1. The van der Waals surface area contributed by atoms with Crippen LogP contribution in [0.25, 0.3) is 0 Å². The molecule has 0 aliphatic carbocycles. The summed E-state index contributed by atoms with van der Waals surface area (Å²) in [5.41, 5.74) is 4.21. The summed E-state index contributed by atoms with van der Waals surface area (Å²) >= 11 is 3.42. The lowest BCUT2D eigenvalue weighted by Crippen LogP contribution is -2.31. The number of aryl methyl sites for hydroxylation is 3. The number of thiophene rings is 2. The van der Waals surface area contributed by atoms with Gasteiger partial charge in [-0.2, -0.15) is 0 Å². The molecular formula is C20H23N3O2S2. The molecule has 0 fully saturated rings. The molecule has 0 unspecified atom stereocenters. The minimum absolute atomic E-state index is 0.0396. The predicted octanol–water partition coefficient (Wildman–Crippen LogP) is 4.21. The van der Waals surface area contributed by atoms with Crippen LogP contribution < -0.4 is 5.32 Å². The van der Waals surface area contributed by atoms with Gasteiger partial charge in [-0.25, -0.2) is 0 Å². The van der Waals surface area contributed by atoms with Crippen molar-refractivity contribution in [2.75, 3.05) is 6.54 Å². The van der Waals surface area contributed by atoms with E-state index in [1.165, 1.54) is 25.8 Å². The molecule has 142 valence electrons. The van der Waals surface area contributed by atoms with Crippen molar-refractivity contribution in [3.63, 3.8) is 0 Å². The van der Waals surface area contributed by atoms with Gasteiger partial charge < -0.3 is 9.84 Å². The number of aromatic nitrogens is 1. The van der Waals surface area contributed by atoms with E-state index in [1.807, 2.05) is 19.2 Å². The molecule has 4 heterocycles. The molecule has 1 N–H and O–H groups in total. The molecule has 0 radical (unpaired) electrons. The molecule has 0 bridgehead atoms. The molecule has 5 nitrogen and oxygen atoms in total. The third kappa shape index (κ3) is 3.85. The van der Waals surface area contributed by atoms with E-state index in [2.05, 4.69) is 34.4 Å². The Hall–Kier alpha value is -1.96. The molecule has 3 aromatic rings. The predicted molar refractivity (Wildman–Crippen MR) is 108 cm³/mol. The average Bonchev–Trinajstić information content (AvgIpc) is 3.34. The third-order valence-corrected chi connectivity index (χ3v) is 7.07. The molecule has 4 rings (SSSR count). The average molecular weight is 402 g/mol. The number of rotatable bonds is 5. The Balaban J connectivity index is 1.41. The van der Waals surface area contributed by atoms with Gasteiger partial charge in [0.05, 0.1) is 17.8 Å². The smallest absolute Gasteiger partial charge is 0.252 e. The molecule has 1 aliphatic heterocycles. The van der Waals surface area contributed by atoms with E-state index in [0.29, 0.717) is 6.54 Å². The lowest BCUT2D eigenvalue weighted by molar-refractivity contribution is 0.0950. The molecule has 1 aliphatic rings.